The van der Waals surface area contributed by atoms with Gasteiger partial charge in [0, 0.05) is 29.3 Å². The molecular weight excluding hydrogens is 280 g/mol. The van der Waals surface area contributed by atoms with Gasteiger partial charge in [0.1, 0.15) is 0 Å². The van der Waals surface area contributed by atoms with E-state index in [1.165, 1.54) is 56.3 Å². The molecule has 1 aliphatic heterocycles. The van der Waals surface area contributed by atoms with Crippen molar-refractivity contribution in [1.29, 1.82) is 0 Å². The minimum atomic E-state index is 0.175. The molecule has 21 heavy (non-hydrogen) atoms. The predicted molar refractivity (Wildman–Crippen MR) is 91.1 cm³/mol. The van der Waals surface area contributed by atoms with E-state index in [0.717, 1.165) is 23.4 Å². The fourth-order valence-electron chi connectivity index (χ4n) is 4.27. The molecule has 3 unspecified atom stereocenters. The molecule has 0 spiro atoms. The lowest BCUT2D eigenvalue weighted by Gasteiger charge is -2.46. The molecule has 1 aliphatic carbocycles. The summed E-state index contributed by atoms with van der Waals surface area (Å²) in [4.78, 5) is 2.67. The summed E-state index contributed by atoms with van der Waals surface area (Å²) in [6.07, 6.45) is 9.21. The van der Waals surface area contributed by atoms with Crippen LogP contribution in [-0.2, 0) is 6.42 Å². The fraction of sp³-hybridized carbons (Fsp3) is 0.667. The second-order valence-corrected chi connectivity index (χ2v) is 7.34. The van der Waals surface area contributed by atoms with Crippen LogP contribution in [0.25, 0.3) is 0 Å². The second kappa shape index (κ2) is 6.58. The van der Waals surface area contributed by atoms with E-state index in [-0.39, 0.29) is 6.04 Å². The molecule has 1 saturated heterocycles. The van der Waals surface area contributed by atoms with Gasteiger partial charge in [0.25, 0.3) is 0 Å². The van der Waals surface area contributed by atoms with Gasteiger partial charge in [-0.25, -0.2) is 0 Å². The normalized spacial score (nSPS) is 27.3. The number of fused-ring (bicyclic) bond motifs is 1. The van der Waals surface area contributed by atoms with Gasteiger partial charge in [0.2, 0.25) is 0 Å². The van der Waals surface area contributed by atoms with E-state index in [4.69, 9.17) is 17.3 Å². The van der Waals surface area contributed by atoms with Crippen LogP contribution in [0.4, 0.5) is 5.69 Å². The topological polar surface area (TPSA) is 29.3 Å². The fourth-order valence-corrected chi connectivity index (χ4v) is 4.46. The van der Waals surface area contributed by atoms with Crippen LogP contribution in [0.5, 0.6) is 0 Å². The summed E-state index contributed by atoms with van der Waals surface area (Å²) in [5.74, 6) is 0.895. The quantitative estimate of drug-likeness (QED) is 0.897. The third-order valence-corrected chi connectivity index (χ3v) is 5.37. The van der Waals surface area contributed by atoms with Gasteiger partial charge < -0.3 is 10.6 Å². The molecule has 0 amide bonds. The van der Waals surface area contributed by atoms with Crippen LogP contribution in [-0.4, -0.2) is 18.6 Å². The third kappa shape index (κ3) is 3.37. The minimum absolute atomic E-state index is 0.175. The molecule has 2 N–H and O–H groups in total. The van der Waals surface area contributed by atoms with Gasteiger partial charge in [-0.2, -0.15) is 0 Å². The Balaban J connectivity index is 1.90. The van der Waals surface area contributed by atoms with E-state index in [1.807, 2.05) is 6.07 Å². The van der Waals surface area contributed by atoms with Crippen LogP contribution in [0, 0.1) is 5.92 Å². The van der Waals surface area contributed by atoms with Gasteiger partial charge in [-0.1, -0.05) is 24.4 Å². The zero-order chi connectivity index (χ0) is 14.8. The van der Waals surface area contributed by atoms with Gasteiger partial charge in [-0.15, -0.1) is 0 Å². The minimum Gasteiger partial charge on any atom is -0.368 e. The number of rotatable bonds is 3. The molecular formula is C18H27ClN2. The molecule has 3 heteroatoms. The maximum Gasteiger partial charge on any atom is 0.0410 e. The van der Waals surface area contributed by atoms with E-state index >= 15 is 0 Å². The molecule has 0 aromatic heterocycles. The molecule has 2 nitrogen and oxygen atoms in total. The molecule has 1 saturated carbocycles. The van der Waals surface area contributed by atoms with Crippen LogP contribution < -0.4 is 10.6 Å². The summed E-state index contributed by atoms with van der Waals surface area (Å²) in [6.45, 7) is 3.26. The molecule has 0 bridgehead atoms. The van der Waals surface area contributed by atoms with Gasteiger partial charge in [-0.05, 0) is 68.7 Å². The Labute approximate surface area is 133 Å². The summed E-state index contributed by atoms with van der Waals surface area (Å²) in [5.41, 5.74) is 8.75. The standard InChI is InChI=1S/C18H27ClN2/c1-13(20)11-15-12-16(19)8-9-18(15)21-10-4-6-14-5-2-3-7-17(14)21/h8-9,12-14,17H,2-7,10-11,20H2,1H3. The van der Waals surface area contributed by atoms with Gasteiger partial charge >= 0.3 is 0 Å². The second-order valence-electron chi connectivity index (χ2n) is 6.90. The van der Waals surface area contributed by atoms with Crippen LogP contribution >= 0.6 is 11.6 Å². The zero-order valence-electron chi connectivity index (χ0n) is 13.0. The maximum absolute atomic E-state index is 6.22. The summed E-state index contributed by atoms with van der Waals surface area (Å²) < 4.78 is 0. The number of anilines is 1. The number of hydrogen-bond donors (Lipinski definition) is 1. The SMILES string of the molecule is CC(N)Cc1cc(Cl)ccc1N1CCCC2CCCCC21. The van der Waals surface area contributed by atoms with E-state index in [2.05, 4.69) is 24.0 Å². The van der Waals surface area contributed by atoms with Crippen molar-refractivity contribution in [3.05, 3.63) is 28.8 Å². The first-order chi connectivity index (χ1) is 10.1. The first kappa shape index (κ1) is 15.2. The lowest BCUT2D eigenvalue weighted by molar-refractivity contribution is 0.243. The smallest absolute Gasteiger partial charge is 0.0410 e. The molecule has 2 fully saturated rings. The Morgan fingerprint density at radius 2 is 2.00 bits per heavy atom. The van der Waals surface area contributed by atoms with E-state index in [1.54, 1.807) is 0 Å². The highest BCUT2D eigenvalue weighted by molar-refractivity contribution is 6.30. The average Bonchev–Trinajstić information content (AvgIpc) is 2.46. The average molecular weight is 307 g/mol. The molecule has 1 heterocycles. The first-order valence-electron chi connectivity index (χ1n) is 8.46. The van der Waals surface area contributed by atoms with Gasteiger partial charge in [0.15, 0.2) is 0 Å². The van der Waals surface area contributed by atoms with Crippen molar-refractivity contribution in [1.82, 2.24) is 0 Å². The van der Waals surface area contributed by atoms with Crippen molar-refractivity contribution >= 4 is 17.3 Å². The van der Waals surface area contributed by atoms with Gasteiger partial charge in [-0.3, -0.25) is 0 Å². The van der Waals surface area contributed by atoms with Gasteiger partial charge in [0.05, 0.1) is 0 Å². The Bertz CT molecular complexity index is 484. The summed E-state index contributed by atoms with van der Waals surface area (Å²) in [5, 5.41) is 0.826. The molecule has 0 radical (unpaired) electrons. The summed E-state index contributed by atoms with van der Waals surface area (Å²) in [7, 11) is 0. The Kier molecular flexibility index (Phi) is 4.75. The van der Waals surface area contributed by atoms with E-state index in [9.17, 15) is 0 Å². The number of benzene rings is 1. The number of nitrogens with two attached hydrogens (primary N) is 1. The van der Waals surface area contributed by atoms with Crippen molar-refractivity contribution in [3.8, 4) is 0 Å². The Morgan fingerprint density at radius 3 is 2.81 bits per heavy atom. The first-order valence-corrected chi connectivity index (χ1v) is 8.83. The summed E-state index contributed by atoms with van der Waals surface area (Å²) >= 11 is 6.22. The van der Waals surface area contributed by atoms with Crippen molar-refractivity contribution in [3.63, 3.8) is 0 Å². The Morgan fingerprint density at radius 1 is 1.24 bits per heavy atom. The number of nitrogens with zero attached hydrogens (tertiary/aromatic N) is 1. The molecule has 3 atom stereocenters. The van der Waals surface area contributed by atoms with Crippen molar-refractivity contribution in [2.45, 2.75) is 64.0 Å². The monoisotopic (exact) mass is 306 g/mol. The highest BCUT2D eigenvalue weighted by Crippen LogP contribution is 2.39. The molecule has 2 aliphatic rings. The largest absolute Gasteiger partial charge is 0.368 e. The number of hydrogen-bond acceptors (Lipinski definition) is 2. The molecule has 1 aromatic rings. The third-order valence-electron chi connectivity index (χ3n) is 5.14. The predicted octanol–water partition coefficient (Wildman–Crippen LogP) is 4.39. The van der Waals surface area contributed by atoms with Crippen LogP contribution in [0.15, 0.2) is 18.2 Å². The number of halogens is 1. The highest BCUT2D eigenvalue weighted by atomic mass is 35.5. The van der Waals surface area contributed by atoms with Crippen LogP contribution in [0.1, 0.15) is 51.0 Å². The van der Waals surface area contributed by atoms with Crippen molar-refractivity contribution in [2.75, 3.05) is 11.4 Å². The van der Waals surface area contributed by atoms with E-state index in [0.29, 0.717) is 0 Å². The molecule has 116 valence electrons. The summed E-state index contributed by atoms with van der Waals surface area (Å²) in [6, 6.07) is 7.28. The lowest BCUT2D eigenvalue weighted by atomic mass is 9.78. The van der Waals surface area contributed by atoms with Crippen LogP contribution in [0.2, 0.25) is 5.02 Å². The Hall–Kier alpha value is -0.730. The van der Waals surface area contributed by atoms with E-state index < -0.39 is 0 Å². The number of piperidine rings is 1. The zero-order valence-corrected chi connectivity index (χ0v) is 13.8. The van der Waals surface area contributed by atoms with Crippen molar-refractivity contribution < 1.29 is 0 Å². The van der Waals surface area contributed by atoms with Crippen molar-refractivity contribution in [2.24, 2.45) is 11.7 Å². The highest BCUT2D eigenvalue weighted by Gasteiger charge is 2.34. The molecule has 1 aromatic carbocycles. The molecule has 3 rings (SSSR count). The maximum atomic E-state index is 6.22. The van der Waals surface area contributed by atoms with Crippen LogP contribution in [0.3, 0.4) is 0 Å². The lowest BCUT2D eigenvalue weighted by Crippen LogP contribution is -2.47.